The predicted octanol–water partition coefficient (Wildman–Crippen LogP) is 1.21. The second-order valence-corrected chi connectivity index (χ2v) is 4.90. The lowest BCUT2D eigenvalue weighted by Gasteiger charge is -2.24. The highest BCUT2D eigenvalue weighted by atomic mass is 16.5. The molecule has 0 spiro atoms. The van der Waals surface area contributed by atoms with Crippen molar-refractivity contribution < 1.29 is 23.9 Å². The molecular weight excluding hydrogens is 276 g/mol. The molecule has 0 radical (unpaired) electrons. The summed E-state index contributed by atoms with van der Waals surface area (Å²) in [6, 6.07) is -1.53. The normalized spacial score (nSPS) is 14.5. The Bertz CT molecular complexity index is 359. The Morgan fingerprint density at radius 2 is 1.71 bits per heavy atom. The molecule has 7 heteroatoms. The minimum absolute atomic E-state index is 0.0661. The molecule has 0 rings (SSSR count). The van der Waals surface area contributed by atoms with E-state index < -0.39 is 30.1 Å². The van der Waals surface area contributed by atoms with E-state index in [1.807, 2.05) is 20.8 Å². The van der Waals surface area contributed by atoms with Crippen LogP contribution < -0.4 is 10.6 Å². The van der Waals surface area contributed by atoms with Gasteiger partial charge in [-0.2, -0.15) is 0 Å². The van der Waals surface area contributed by atoms with Crippen LogP contribution in [0.1, 0.15) is 40.5 Å². The lowest BCUT2D eigenvalue weighted by atomic mass is 9.99. The molecule has 0 saturated carbocycles. The first kappa shape index (κ1) is 19.2. The largest absolute Gasteiger partial charge is 0.464 e. The quantitative estimate of drug-likeness (QED) is 0.657. The Morgan fingerprint density at radius 3 is 2.19 bits per heavy atom. The third kappa shape index (κ3) is 6.97. The van der Waals surface area contributed by atoms with E-state index >= 15 is 0 Å². The average Bonchev–Trinajstić information content (AvgIpc) is 2.48. The molecule has 0 aliphatic heterocycles. The Kier molecular flexibility index (Phi) is 9.16. The zero-order valence-corrected chi connectivity index (χ0v) is 13.4. The van der Waals surface area contributed by atoms with Crippen LogP contribution in [-0.2, 0) is 19.1 Å². The first-order valence-corrected chi connectivity index (χ1v) is 7.18. The SMILES string of the molecule is CCCOC(=O)C(NC(=O)C(C)NC(=O)OC)C(C)CC. The molecule has 0 aliphatic rings. The summed E-state index contributed by atoms with van der Waals surface area (Å²) in [4.78, 5) is 35.1. The van der Waals surface area contributed by atoms with E-state index in [1.165, 1.54) is 14.0 Å². The van der Waals surface area contributed by atoms with Crippen molar-refractivity contribution in [3.63, 3.8) is 0 Å². The minimum Gasteiger partial charge on any atom is -0.464 e. The summed E-state index contributed by atoms with van der Waals surface area (Å²) in [5.74, 6) is -0.979. The molecule has 0 aliphatic carbocycles. The first-order chi connectivity index (χ1) is 9.87. The van der Waals surface area contributed by atoms with Crippen LogP contribution in [0.25, 0.3) is 0 Å². The highest BCUT2D eigenvalue weighted by molar-refractivity contribution is 5.89. The van der Waals surface area contributed by atoms with E-state index in [-0.39, 0.29) is 5.92 Å². The number of alkyl carbamates (subject to hydrolysis) is 1. The van der Waals surface area contributed by atoms with Gasteiger partial charge in [-0.15, -0.1) is 0 Å². The standard InChI is InChI=1S/C14H26N2O5/c1-6-8-21-13(18)11(9(3)7-2)16-12(17)10(4)15-14(19)20-5/h9-11H,6-8H2,1-5H3,(H,15,19)(H,16,17). The van der Waals surface area contributed by atoms with E-state index in [9.17, 15) is 14.4 Å². The highest BCUT2D eigenvalue weighted by Crippen LogP contribution is 2.10. The molecule has 0 aromatic rings. The molecule has 0 heterocycles. The van der Waals surface area contributed by atoms with Crippen LogP contribution in [0.5, 0.6) is 0 Å². The molecule has 0 aromatic heterocycles. The molecule has 0 bridgehead atoms. The summed E-state index contributed by atoms with van der Waals surface area (Å²) < 4.78 is 9.52. The minimum atomic E-state index is -0.803. The van der Waals surface area contributed by atoms with E-state index in [4.69, 9.17) is 4.74 Å². The second-order valence-electron chi connectivity index (χ2n) is 4.90. The van der Waals surface area contributed by atoms with Gasteiger partial charge in [0.05, 0.1) is 13.7 Å². The van der Waals surface area contributed by atoms with Crippen LogP contribution in [0.3, 0.4) is 0 Å². The Balaban J connectivity index is 4.69. The zero-order valence-electron chi connectivity index (χ0n) is 13.4. The summed E-state index contributed by atoms with van der Waals surface area (Å²) in [6.45, 7) is 7.50. The van der Waals surface area contributed by atoms with E-state index in [1.54, 1.807) is 0 Å². The van der Waals surface area contributed by atoms with Crippen LogP contribution >= 0.6 is 0 Å². The van der Waals surface area contributed by atoms with Crippen molar-refractivity contribution in [1.82, 2.24) is 10.6 Å². The van der Waals surface area contributed by atoms with Gasteiger partial charge in [-0.05, 0) is 19.3 Å². The van der Waals surface area contributed by atoms with Crippen molar-refractivity contribution in [3.05, 3.63) is 0 Å². The molecule has 122 valence electrons. The lowest BCUT2D eigenvalue weighted by Crippen LogP contribution is -2.52. The Labute approximate surface area is 125 Å². The van der Waals surface area contributed by atoms with Crippen molar-refractivity contribution in [2.45, 2.75) is 52.6 Å². The number of methoxy groups -OCH3 is 1. The zero-order chi connectivity index (χ0) is 16.4. The molecule has 7 nitrogen and oxygen atoms in total. The van der Waals surface area contributed by atoms with Crippen molar-refractivity contribution in [3.8, 4) is 0 Å². The molecule has 2 N–H and O–H groups in total. The van der Waals surface area contributed by atoms with E-state index in [0.717, 1.165) is 0 Å². The van der Waals surface area contributed by atoms with Gasteiger partial charge in [-0.3, -0.25) is 4.79 Å². The molecule has 0 aromatic carbocycles. The Hall–Kier alpha value is -1.79. The average molecular weight is 302 g/mol. The molecule has 21 heavy (non-hydrogen) atoms. The van der Waals surface area contributed by atoms with Gasteiger partial charge in [0.15, 0.2) is 0 Å². The van der Waals surface area contributed by atoms with Crippen molar-refractivity contribution in [1.29, 1.82) is 0 Å². The van der Waals surface area contributed by atoms with Gasteiger partial charge in [-0.1, -0.05) is 27.2 Å². The van der Waals surface area contributed by atoms with Crippen molar-refractivity contribution in [2.75, 3.05) is 13.7 Å². The number of carbonyl (C=O) groups is 3. The summed E-state index contributed by atoms with van der Waals surface area (Å²) in [5.41, 5.74) is 0. The maximum absolute atomic E-state index is 12.0. The maximum atomic E-state index is 12.0. The summed E-state index contributed by atoms with van der Waals surface area (Å²) in [6.07, 6.45) is 0.726. The molecular formula is C14H26N2O5. The summed E-state index contributed by atoms with van der Waals surface area (Å²) in [7, 11) is 1.21. The number of nitrogens with one attached hydrogen (secondary N) is 2. The first-order valence-electron chi connectivity index (χ1n) is 7.18. The summed E-state index contributed by atoms with van der Waals surface area (Å²) >= 11 is 0. The summed E-state index contributed by atoms with van der Waals surface area (Å²) in [5, 5.41) is 4.97. The molecule has 0 fully saturated rings. The molecule has 2 amide bonds. The van der Waals surface area contributed by atoms with Crippen LogP contribution in [0.15, 0.2) is 0 Å². The molecule has 3 unspecified atom stereocenters. The third-order valence-corrected chi connectivity index (χ3v) is 3.13. The van der Waals surface area contributed by atoms with Gasteiger partial charge in [-0.25, -0.2) is 9.59 Å². The van der Waals surface area contributed by atoms with Gasteiger partial charge in [0.25, 0.3) is 0 Å². The van der Waals surface area contributed by atoms with Gasteiger partial charge in [0, 0.05) is 0 Å². The fraction of sp³-hybridized carbons (Fsp3) is 0.786. The highest BCUT2D eigenvalue weighted by Gasteiger charge is 2.29. The van der Waals surface area contributed by atoms with Gasteiger partial charge >= 0.3 is 12.1 Å². The number of rotatable bonds is 8. The maximum Gasteiger partial charge on any atom is 0.407 e. The second kappa shape index (κ2) is 10.0. The van der Waals surface area contributed by atoms with Gasteiger partial charge in [0.1, 0.15) is 12.1 Å². The number of ether oxygens (including phenoxy) is 2. The number of hydrogen-bond donors (Lipinski definition) is 2. The monoisotopic (exact) mass is 302 g/mol. The van der Waals surface area contributed by atoms with Crippen molar-refractivity contribution >= 4 is 18.0 Å². The fourth-order valence-electron chi connectivity index (χ4n) is 1.54. The molecule has 0 saturated heterocycles. The van der Waals surface area contributed by atoms with Gasteiger partial charge < -0.3 is 20.1 Å². The van der Waals surface area contributed by atoms with Crippen molar-refractivity contribution in [2.24, 2.45) is 5.92 Å². The fourth-order valence-corrected chi connectivity index (χ4v) is 1.54. The van der Waals surface area contributed by atoms with Crippen LogP contribution in [0, 0.1) is 5.92 Å². The topological polar surface area (TPSA) is 93.7 Å². The number of amides is 2. The van der Waals surface area contributed by atoms with Crippen LogP contribution in [0.4, 0.5) is 4.79 Å². The van der Waals surface area contributed by atoms with E-state index in [2.05, 4.69) is 15.4 Å². The number of hydrogen-bond acceptors (Lipinski definition) is 5. The van der Waals surface area contributed by atoms with Crippen LogP contribution in [0.2, 0.25) is 0 Å². The number of esters is 1. The third-order valence-electron chi connectivity index (χ3n) is 3.13. The van der Waals surface area contributed by atoms with Crippen LogP contribution in [-0.4, -0.2) is 43.8 Å². The van der Waals surface area contributed by atoms with E-state index in [0.29, 0.717) is 19.4 Å². The van der Waals surface area contributed by atoms with Gasteiger partial charge in [0.2, 0.25) is 5.91 Å². The predicted molar refractivity (Wildman–Crippen MR) is 77.6 cm³/mol. The smallest absolute Gasteiger partial charge is 0.407 e. The number of carbonyl (C=O) groups excluding carboxylic acids is 3. The molecule has 3 atom stereocenters. The lowest BCUT2D eigenvalue weighted by molar-refractivity contribution is -0.149. The Morgan fingerprint density at radius 1 is 1.10 bits per heavy atom.